The Morgan fingerprint density at radius 3 is 2.67 bits per heavy atom. The fraction of sp³-hybridized carbons (Fsp3) is 0.300. The van der Waals surface area contributed by atoms with Crippen molar-refractivity contribution in [1.82, 2.24) is 15.3 Å². The number of rotatable bonds is 3. The van der Waals surface area contributed by atoms with Gasteiger partial charge in [0.05, 0.1) is 11.0 Å². The maximum Gasteiger partial charge on any atom is 0.323 e. The Bertz CT molecular complexity index is 529. The van der Waals surface area contributed by atoms with E-state index in [1.807, 2.05) is 19.2 Å². The molecule has 0 spiro atoms. The number of halogens is 1. The Kier molecular flexibility index (Phi) is 2.93. The minimum Gasteiger partial charge on any atom is -0.319 e. The van der Waals surface area contributed by atoms with Gasteiger partial charge >= 0.3 is 5.69 Å². The Hall–Kier alpha value is -1.07. The van der Waals surface area contributed by atoms with Crippen LogP contribution < -0.4 is 11.0 Å². The third-order valence-electron chi connectivity index (χ3n) is 2.33. The van der Waals surface area contributed by atoms with Gasteiger partial charge in [0, 0.05) is 4.47 Å². The molecule has 0 unspecified atom stereocenters. The summed E-state index contributed by atoms with van der Waals surface area (Å²) in [6.07, 6.45) is 0.931. The van der Waals surface area contributed by atoms with E-state index < -0.39 is 0 Å². The van der Waals surface area contributed by atoms with Gasteiger partial charge < -0.3 is 15.3 Å². The third kappa shape index (κ3) is 2.13. The molecule has 0 bridgehead atoms. The Labute approximate surface area is 95.2 Å². The molecule has 0 aliphatic heterocycles. The molecule has 1 heterocycles. The molecule has 2 aromatic rings. The molecule has 0 amide bonds. The normalized spacial score (nSPS) is 11.1. The van der Waals surface area contributed by atoms with Crippen LogP contribution in [0.3, 0.4) is 0 Å². The molecular formula is C10H12BrN3O. The fourth-order valence-electron chi connectivity index (χ4n) is 1.55. The summed E-state index contributed by atoms with van der Waals surface area (Å²) in [5.74, 6) is 0. The molecule has 5 heteroatoms. The highest BCUT2D eigenvalue weighted by Crippen LogP contribution is 2.21. The zero-order valence-electron chi connectivity index (χ0n) is 8.36. The molecule has 1 aromatic carbocycles. The van der Waals surface area contributed by atoms with E-state index in [4.69, 9.17) is 0 Å². The van der Waals surface area contributed by atoms with Crippen LogP contribution in [0.1, 0.15) is 5.56 Å². The first kappa shape index (κ1) is 10.4. The molecule has 0 aliphatic rings. The molecule has 4 nitrogen and oxygen atoms in total. The van der Waals surface area contributed by atoms with Gasteiger partial charge in [-0.3, -0.25) is 0 Å². The van der Waals surface area contributed by atoms with Gasteiger partial charge in [-0.15, -0.1) is 0 Å². The molecule has 0 radical (unpaired) electrons. The smallest absolute Gasteiger partial charge is 0.319 e. The minimum atomic E-state index is -0.164. The Morgan fingerprint density at radius 1 is 1.33 bits per heavy atom. The Morgan fingerprint density at radius 2 is 2.00 bits per heavy atom. The van der Waals surface area contributed by atoms with E-state index >= 15 is 0 Å². The summed E-state index contributed by atoms with van der Waals surface area (Å²) in [6.45, 7) is 0.915. The molecule has 3 N–H and O–H groups in total. The summed E-state index contributed by atoms with van der Waals surface area (Å²) >= 11 is 3.49. The number of likely N-dealkylation sites (N-methyl/N-ethyl adjacent to an activating group) is 1. The number of H-pyrrole nitrogens is 2. The summed E-state index contributed by atoms with van der Waals surface area (Å²) in [5, 5.41) is 3.10. The Balaban J connectivity index is 2.46. The lowest BCUT2D eigenvalue weighted by Gasteiger charge is -2.03. The zero-order valence-corrected chi connectivity index (χ0v) is 9.94. The largest absolute Gasteiger partial charge is 0.323 e. The van der Waals surface area contributed by atoms with Crippen LogP contribution in [-0.4, -0.2) is 23.6 Å². The summed E-state index contributed by atoms with van der Waals surface area (Å²) in [6, 6.07) is 3.92. The monoisotopic (exact) mass is 269 g/mol. The molecule has 0 saturated heterocycles. The topological polar surface area (TPSA) is 60.7 Å². The lowest BCUT2D eigenvalue weighted by Crippen LogP contribution is -2.10. The van der Waals surface area contributed by atoms with Gasteiger partial charge in [0.2, 0.25) is 0 Å². The van der Waals surface area contributed by atoms with Crippen LogP contribution in [0.4, 0.5) is 0 Å². The SMILES string of the molecule is CNCCc1cc2[nH]c(=O)[nH]c2cc1Br. The number of imidazole rings is 1. The van der Waals surface area contributed by atoms with Crippen LogP contribution in [0.5, 0.6) is 0 Å². The van der Waals surface area contributed by atoms with Crippen LogP contribution in [0, 0.1) is 0 Å². The first-order valence-corrected chi connectivity index (χ1v) is 5.55. The van der Waals surface area contributed by atoms with E-state index in [1.165, 1.54) is 5.56 Å². The van der Waals surface area contributed by atoms with Crippen LogP contribution in [0.15, 0.2) is 21.4 Å². The van der Waals surface area contributed by atoms with E-state index in [0.717, 1.165) is 28.5 Å². The van der Waals surface area contributed by atoms with Gasteiger partial charge in [-0.05, 0) is 37.7 Å². The number of hydrogen-bond acceptors (Lipinski definition) is 2. The molecule has 15 heavy (non-hydrogen) atoms. The van der Waals surface area contributed by atoms with E-state index in [9.17, 15) is 4.79 Å². The molecule has 0 atom stereocenters. The number of aromatic amines is 2. The molecule has 1 aromatic heterocycles. The highest BCUT2D eigenvalue weighted by molar-refractivity contribution is 9.10. The number of nitrogens with one attached hydrogen (secondary N) is 3. The van der Waals surface area contributed by atoms with E-state index in [0.29, 0.717) is 0 Å². The molecule has 0 saturated carbocycles. The van der Waals surface area contributed by atoms with Gasteiger partial charge in [-0.1, -0.05) is 15.9 Å². The van der Waals surface area contributed by atoms with E-state index in [2.05, 4.69) is 31.2 Å². The predicted octanol–water partition coefficient (Wildman–Crippen LogP) is 1.38. The minimum absolute atomic E-state index is 0.164. The average molecular weight is 270 g/mol. The van der Waals surface area contributed by atoms with Crippen molar-refractivity contribution in [3.8, 4) is 0 Å². The maximum atomic E-state index is 11.1. The number of fused-ring (bicyclic) bond motifs is 1. The van der Waals surface area contributed by atoms with Gasteiger partial charge in [0.15, 0.2) is 0 Å². The highest BCUT2D eigenvalue weighted by Gasteiger charge is 2.04. The first-order chi connectivity index (χ1) is 7.20. The van der Waals surface area contributed by atoms with Crippen LogP contribution in [-0.2, 0) is 6.42 Å². The average Bonchev–Trinajstić information content (AvgIpc) is 2.53. The molecule has 0 aliphatic carbocycles. The van der Waals surface area contributed by atoms with Crippen molar-refractivity contribution in [1.29, 1.82) is 0 Å². The number of hydrogen-bond donors (Lipinski definition) is 3. The van der Waals surface area contributed by atoms with Crippen molar-refractivity contribution in [2.45, 2.75) is 6.42 Å². The van der Waals surface area contributed by atoms with Crippen molar-refractivity contribution in [3.63, 3.8) is 0 Å². The molecule has 80 valence electrons. The van der Waals surface area contributed by atoms with Gasteiger partial charge in [-0.2, -0.15) is 0 Å². The highest BCUT2D eigenvalue weighted by atomic mass is 79.9. The van der Waals surface area contributed by atoms with Crippen molar-refractivity contribution in [3.05, 3.63) is 32.7 Å². The van der Waals surface area contributed by atoms with E-state index in [-0.39, 0.29) is 5.69 Å². The first-order valence-electron chi connectivity index (χ1n) is 4.75. The molecule has 2 rings (SSSR count). The summed E-state index contributed by atoms with van der Waals surface area (Å²) in [4.78, 5) is 16.6. The number of aromatic nitrogens is 2. The second kappa shape index (κ2) is 4.20. The van der Waals surface area contributed by atoms with Crippen molar-refractivity contribution in [2.24, 2.45) is 0 Å². The standard InChI is InChI=1S/C10H12BrN3O/c1-12-3-2-6-4-8-9(5-7(6)11)14-10(15)13-8/h4-5,12H,2-3H2,1H3,(H2,13,14,15). The second-order valence-electron chi connectivity index (χ2n) is 3.42. The maximum absolute atomic E-state index is 11.1. The third-order valence-corrected chi connectivity index (χ3v) is 3.07. The second-order valence-corrected chi connectivity index (χ2v) is 4.28. The zero-order chi connectivity index (χ0) is 10.8. The lowest BCUT2D eigenvalue weighted by molar-refractivity contribution is 0.790. The molecular weight excluding hydrogens is 258 g/mol. The van der Waals surface area contributed by atoms with Crippen LogP contribution in [0.25, 0.3) is 11.0 Å². The van der Waals surface area contributed by atoms with Gasteiger partial charge in [0.25, 0.3) is 0 Å². The van der Waals surface area contributed by atoms with Crippen molar-refractivity contribution in [2.75, 3.05) is 13.6 Å². The van der Waals surface area contributed by atoms with Crippen molar-refractivity contribution < 1.29 is 0 Å². The summed E-state index contributed by atoms with van der Waals surface area (Å²) < 4.78 is 1.03. The predicted molar refractivity (Wildman–Crippen MR) is 64.3 cm³/mol. The van der Waals surface area contributed by atoms with E-state index in [1.54, 1.807) is 0 Å². The van der Waals surface area contributed by atoms with Crippen LogP contribution >= 0.6 is 15.9 Å². The summed E-state index contributed by atoms with van der Waals surface area (Å²) in [5.41, 5.74) is 2.71. The number of benzene rings is 1. The molecule has 0 fully saturated rings. The van der Waals surface area contributed by atoms with Gasteiger partial charge in [-0.25, -0.2) is 4.79 Å². The van der Waals surface area contributed by atoms with Crippen molar-refractivity contribution >= 4 is 27.0 Å². The lowest BCUT2D eigenvalue weighted by atomic mass is 10.1. The quantitative estimate of drug-likeness (QED) is 0.789. The van der Waals surface area contributed by atoms with Gasteiger partial charge in [0.1, 0.15) is 0 Å². The summed E-state index contributed by atoms with van der Waals surface area (Å²) in [7, 11) is 1.92. The fourth-order valence-corrected chi connectivity index (χ4v) is 2.09. The van der Waals surface area contributed by atoms with Crippen LogP contribution in [0.2, 0.25) is 0 Å².